The summed E-state index contributed by atoms with van der Waals surface area (Å²) >= 11 is 0. The SMILES string of the molecule is CCC(N)C(Oc1cc(C)cc(C)c1)C(C)(C)C. The van der Waals surface area contributed by atoms with Crippen LogP contribution in [0.2, 0.25) is 0 Å². The van der Waals surface area contributed by atoms with Crippen LogP contribution in [-0.4, -0.2) is 12.1 Å². The van der Waals surface area contributed by atoms with E-state index in [1.807, 2.05) is 0 Å². The quantitative estimate of drug-likeness (QED) is 0.880. The minimum Gasteiger partial charge on any atom is -0.488 e. The topological polar surface area (TPSA) is 35.2 Å². The van der Waals surface area contributed by atoms with Crippen LogP contribution < -0.4 is 10.5 Å². The van der Waals surface area contributed by atoms with Gasteiger partial charge in [-0.2, -0.15) is 0 Å². The number of aryl methyl sites for hydroxylation is 2. The Morgan fingerprint density at radius 3 is 2.00 bits per heavy atom. The van der Waals surface area contributed by atoms with Gasteiger partial charge < -0.3 is 10.5 Å². The van der Waals surface area contributed by atoms with Gasteiger partial charge in [-0.05, 0) is 43.5 Å². The molecule has 2 nitrogen and oxygen atoms in total. The summed E-state index contributed by atoms with van der Waals surface area (Å²) in [6.07, 6.45) is 0.955. The Labute approximate surface area is 112 Å². The Balaban J connectivity index is 2.96. The van der Waals surface area contributed by atoms with Crippen LogP contribution >= 0.6 is 0 Å². The van der Waals surface area contributed by atoms with Crippen LogP contribution in [0.3, 0.4) is 0 Å². The van der Waals surface area contributed by atoms with Crippen molar-refractivity contribution in [2.45, 2.75) is 60.1 Å². The molecule has 0 saturated heterocycles. The zero-order chi connectivity index (χ0) is 13.9. The molecule has 1 rings (SSSR count). The molecule has 0 heterocycles. The van der Waals surface area contributed by atoms with Gasteiger partial charge in [0.1, 0.15) is 11.9 Å². The average molecular weight is 249 g/mol. The molecule has 18 heavy (non-hydrogen) atoms. The second kappa shape index (κ2) is 5.75. The fraction of sp³-hybridized carbons (Fsp3) is 0.625. The Morgan fingerprint density at radius 1 is 1.11 bits per heavy atom. The van der Waals surface area contributed by atoms with Gasteiger partial charge in [-0.1, -0.05) is 33.8 Å². The molecule has 0 amide bonds. The molecule has 0 aliphatic rings. The van der Waals surface area contributed by atoms with Crippen molar-refractivity contribution in [2.75, 3.05) is 0 Å². The molecule has 0 aromatic heterocycles. The van der Waals surface area contributed by atoms with E-state index in [0.717, 1.165) is 12.2 Å². The Morgan fingerprint density at radius 2 is 1.61 bits per heavy atom. The average Bonchev–Trinajstić information content (AvgIpc) is 2.22. The third-order valence-corrected chi connectivity index (χ3v) is 3.17. The summed E-state index contributed by atoms with van der Waals surface area (Å²) in [6, 6.07) is 6.37. The first-order chi connectivity index (χ1) is 8.24. The number of hydrogen-bond acceptors (Lipinski definition) is 2. The van der Waals surface area contributed by atoms with Gasteiger partial charge in [-0.3, -0.25) is 0 Å². The van der Waals surface area contributed by atoms with Crippen LogP contribution in [0.1, 0.15) is 45.2 Å². The van der Waals surface area contributed by atoms with Crippen molar-refractivity contribution in [3.8, 4) is 5.75 Å². The maximum absolute atomic E-state index is 6.20. The molecule has 2 atom stereocenters. The second-order valence-corrected chi connectivity index (χ2v) is 6.30. The molecule has 0 saturated carbocycles. The zero-order valence-corrected chi connectivity index (χ0v) is 12.6. The van der Waals surface area contributed by atoms with Crippen LogP contribution in [0.25, 0.3) is 0 Å². The molecule has 2 N–H and O–H groups in total. The van der Waals surface area contributed by atoms with E-state index in [4.69, 9.17) is 10.5 Å². The molecule has 0 aliphatic heterocycles. The highest BCUT2D eigenvalue weighted by Gasteiger charge is 2.31. The van der Waals surface area contributed by atoms with Gasteiger partial charge in [0.25, 0.3) is 0 Å². The van der Waals surface area contributed by atoms with Crippen molar-refractivity contribution < 1.29 is 4.74 Å². The van der Waals surface area contributed by atoms with E-state index >= 15 is 0 Å². The summed E-state index contributed by atoms with van der Waals surface area (Å²) in [5, 5.41) is 0. The molecule has 1 aromatic carbocycles. The number of benzene rings is 1. The minimum absolute atomic E-state index is 0.0312. The van der Waals surface area contributed by atoms with E-state index in [0.29, 0.717) is 0 Å². The predicted molar refractivity (Wildman–Crippen MR) is 78.1 cm³/mol. The van der Waals surface area contributed by atoms with Crippen molar-refractivity contribution in [2.24, 2.45) is 11.1 Å². The molecule has 102 valence electrons. The van der Waals surface area contributed by atoms with Crippen LogP contribution in [0.15, 0.2) is 18.2 Å². The number of nitrogens with two attached hydrogens (primary N) is 1. The highest BCUT2D eigenvalue weighted by atomic mass is 16.5. The smallest absolute Gasteiger partial charge is 0.120 e. The van der Waals surface area contributed by atoms with Gasteiger partial charge in [0.15, 0.2) is 0 Å². The van der Waals surface area contributed by atoms with Crippen molar-refractivity contribution in [3.63, 3.8) is 0 Å². The van der Waals surface area contributed by atoms with Gasteiger partial charge in [-0.25, -0.2) is 0 Å². The lowest BCUT2D eigenvalue weighted by atomic mass is 9.84. The minimum atomic E-state index is 0.0312. The normalized spacial score (nSPS) is 15.3. The Bertz CT molecular complexity index is 372. The largest absolute Gasteiger partial charge is 0.488 e. The van der Waals surface area contributed by atoms with Crippen molar-refractivity contribution in [1.29, 1.82) is 0 Å². The number of ether oxygens (including phenoxy) is 1. The van der Waals surface area contributed by atoms with Crippen LogP contribution in [-0.2, 0) is 0 Å². The molecule has 0 radical (unpaired) electrons. The van der Waals surface area contributed by atoms with E-state index in [-0.39, 0.29) is 17.6 Å². The summed E-state index contributed by atoms with van der Waals surface area (Å²) in [6.45, 7) is 12.8. The third-order valence-electron chi connectivity index (χ3n) is 3.17. The highest BCUT2D eigenvalue weighted by molar-refractivity contribution is 5.33. The molecule has 0 bridgehead atoms. The molecular weight excluding hydrogens is 222 g/mol. The first-order valence-electron chi connectivity index (χ1n) is 6.74. The molecule has 0 spiro atoms. The maximum atomic E-state index is 6.20. The number of rotatable bonds is 4. The lowest BCUT2D eigenvalue weighted by Crippen LogP contribution is -2.47. The molecular formula is C16H27NO. The lowest BCUT2D eigenvalue weighted by molar-refractivity contribution is 0.0621. The maximum Gasteiger partial charge on any atom is 0.120 e. The van der Waals surface area contributed by atoms with E-state index in [1.165, 1.54) is 11.1 Å². The first kappa shape index (κ1) is 15.0. The molecule has 1 aromatic rings. The van der Waals surface area contributed by atoms with Gasteiger partial charge in [0.05, 0.1) is 0 Å². The Kier molecular flexibility index (Phi) is 4.80. The predicted octanol–water partition coefficient (Wildman–Crippen LogP) is 3.83. The third kappa shape index (κ3) is 4.02. The van der Waals surface area contributed by atoms with Crippen LogP contribution in [0, 0.1) is 19.3 Å². The van der Waals surface area contributed by atoms with Gasteiger partial charge >= 0.3 is 0 Å². The highest BCUT2D eigenvalue weighted by Crippen LogP contribution is 2.28. The Hall–Kier alpha value is -1.02. The van der Waals surface area contributed by atoms with Crippen molar-refractivity contribution in [3.05, 3.63) is 29.3 Å². The summed E-state index contributed by atoms with van der Waals surface area (Å²) in [7, 11) is 0. The molecule has 0 aliphatic carbocycles. The zero-order valence-electron chi connectivity index (χ0n) is 12.6. The first-order valence-corrected chi connectivity index (χ1v) is 6.74. The van der Waals surface area contributed by atoms with Crippen molar-refractivity contribution >= 4 is 0 Å². The fourth-order valence-electron chi connectivity index (χ4n) is 2.27. The monoisotopic (exact) mass is 249 g/mol. The molecule has 2 unspecified atom stereocenters. The lowest BCUT2D eigenvalue weighted by Gasteiger charge is -2.35. The van der Waals surface area contributed by atoms with E-state index in [9.17, 15) is 0 Å². The van der Waals surface area contributed by atoms with E-state index in [1.54, 1.807) is 0 Å². The van der Waals surface area contributed by atoms with Crippen LogP contribution in [0.4, 0.5) is 0 Å². The molecule has 2 heteroatoms. The van der Waals surface area contributed by atoms with E-state index in [2.05, 4.69) is 59.7 Å². The molecule has 0 fully saturated rings. The summed E-state index contributed by atoms with van der Waals surface area (Å²) in [5.41, 5.74) is 8.69. The van der Waals surface area contributed by atoms with Gasteiger partial charge in [-0.15, -0.1) is 0 Å². The number of hydrogen-bond donors (Lipinski definition) is 1. The van der Waals surface area contributed by atoms with E-state index < -0.39 is 0 Å². The van der Waals surface area contributed by atoms with Gasteiger partial charge in [0, 0.05) is 11.5 Å². The van der Waals surface area contributed by atoms with Crippen LogP contribution in [0.5, 0.6) is 5.75 Å². The van der Waals surface area contributed by atoms with Crippen molar-refractivity contribution in [1.82, 2.24) is 0 Å². The summed E-state index contributed by atoms with van der Waals surface area (Å²) in [5.74, 6) is 0.927. The summed E-state index contributed by atoms with van der Waals surface area (Å²) < 4.78 is 6.17. The standard InChI is InChI=1S/C16H27NO/c1-7-14(17)15(16(4,5)6)18-13-9-11(2)8-12(3)10-13/h8-10,14-15H,7,17H2,1-6H3. The second-order valence-electron chi connectivity index (χ2n) is 6.30. The fourth-order valence-corrected chi connectivity index (χ4v) is 2.27. The van der Waals surface area contributed by atoms with Gasteiger partial charge in [0.2, 0.25) is 0 Å². The summed E-state index contributed by atoms with van der Waals surface area (Å²) in [4.78, 5) is 0.